The Labute approximate surface area is 147 Å². The van der Waals surface area contributed by atoms with Gasteiger partial charge >= 0.3 is 0 Å². The first-order valence-electron chi connectivity index (χ1n) is 7.91. The zero-order valence-electron chi connectivity index (χ0n) is 14.2. The molecule has 134 valence electrons. The number of hydrogen-bond donors (Lipinski definition) is 1. The number of nitrogens with one attached hydrogen (secondary N) is 1. The predicted molar refractivity (Wildman–Crippen MR) is 96.7 cm³/mol. The second kappa shape index (κ2) is 8.11. The van der Waals surface area contributed by atoms with Gasteiger partial charge in [-0.15, -0.1) is 0 Å². The third-order valence-electron chi connectivity index (χ3n) is 3.72. The van der Waals surface area contributed by atoms with Gasteiger partial charge in [-0.1, -0.05) is 12.1 Å². The summed E-state index contributed by atoms with van der Waals surface area (Å²) in [5.41, 5.74) is 1.91. The first-order chi connectivity index (χ1) is 11.8. The Morgan fingerprint density at radius 3 is 2.20 bits per heavy atom. The second-order valence-electron chi connectivity index (χ2n) is 5.61. The van der Waals surface area contributed by atoms with Gasteiger partial charge < -0.3 is 5.32 Å². The zero-order valence-corrected chi connectivity index (χ0v) is 15.0. The van der Waals surface area contributed by atoms with Crippen molar-refractivity contribution in [1.82, 2.24) is 5.32 Å². The fourth-order valence-electron chi connectivity index (χ4n) is 2.46. The first kappa shape index (κ1) is 18.9. The Bertz CT molecular complexity index is 818. The minimum Gasteiger partial charge on any atom is -0.352 e. The first-order valence-corrected chi connectivity index (χ1v) is 9.76. The van der Waals surface area contributed by atoms with E-state index in [1.54, 1.807) is 43.3 Å². The van der Waals surface area contributed by atoms with Crippen LogP contribution in [0.4, 0.5) is 10.1 Å². The van der Waals surface area contributed by atoms with E-state index in [2.05, 4.69) is 5.32 Å². The van der Waals surface area contributed by atoms with E-state index in [0.29, 0.717) is 30.8 Å². The quantitative estimate of drug-likeness (QED) is 0.821. The molecular weight excluding hydrogens is 343 g/mol. The number of amides is 1. The Hall–Kier alpha value is -2.41. The highest BCUT2D eigenvalue weighted by Crippen LogP contribution is 2.18. The monoisotopic (exact) mass is 364 g/mol. The molecule has 0 heterocycles. The van der Waals surface area contributed by atoms with Crippen molar-refractivity contribution >= 4 is 21.6 Å². The van der Waals surface area contributed by atoms with E-state index < -0.39 is 10.0 Å². The molecule has 0 aliphatic heterocycles. The van der Waals surface area contributed by atoms with E-state index in [-0.39, 0.29) is 11.7 Å². The van der Waals surface area contributed by atoms with E-state index >= 15 is 0 Å². The van der Waals surface area contributed by atoms with Crippen LogP contribution in [0.2, 0.25) is 0 Å². The molecule has 0 aliphatic carbocycles. The van der Waals surface area contributed by atoms with Crippen molar-refractivity contribution in [1.29, 1.82) is 0 Å². The lowest BCUT2D eigenvalue weighted by Gasteiger charge is -2.20. The lowest BCUT2D eigenvalue weighted by molar-refractivity contribution is 0.0954. The van der Waals surface area contributed by atoms with Crippen LogP contribution in [-0.2, 0) is 16.4 Å². The van der Waals surface area contributed by atoms with Gasteiger partial charge in [-0.3, -0.25) is 9.10 Å². The normalized spacial score (nSPS) is 11.2. The molecule has 0 aliphatic rings. The minimum absolute atomic E-state index is 0.240. The van der Waals surface area contributed by atoms with Crippen LogP contribution in [0.25, 0.3) is 0 Å². The van der Waals surface area contributed by atoms with Crippen LogP contribution in [0.5, 0.6) is 0 Å². The second-order valence-corrected chi connectivity index (χ2v) is 7.51. The highest BCUT2D eigenvalue weighted by atomic mass is 32.2. The number of sulfonamides is 1. The summed E-state index contributed by atoms with van der Waals surface area (Å²) >= 11 is 0. The summed E-state index contributed by atoms with van der Waals surface area (Å²) in [6, 6.07) is 12.5. The predicted octanol–water partition coefficient (Wildman–Crippen LogP) is 2.58. The summed E-state index contributed by atoms with van der Waals surface area (Å²) in [6.45, 7) is 2.50. The molecule has 5 nitrogen and oxygen atoms in total. The highest BCUT2D eigenvalue weighted by molar-refractivity contribution is 7.92. The minimum atomic E-state index is -3.34. The number of benzene rings is 2. The van der Waals surface area contributed by atoms with Gasteiger partial charge in [0, 0.05) is 18.7 Å². The van der Waals surface area contributed by atoms with Crippen LogP contribution in [-0.4, -0.2) is 33.7 Å². The van der Waals surface area contributed by atoms with Crippen molar-refractivity contribution in [3.8, 4) is 0 Å². The van der Waals surface area contributed by atoms with Gasteiger partial charge in [0.2, 0.25) is 10.0 Å². The van der Waals surface area contributed by atoms with Crippen LogP contribution >= 0.6 is 0 Å². The fourth-order valence-corrected chi connectivity index (χ4v) is 3.43. The average molecular weight is 364 g/mol. The molecular formula is C18H21FN2O3S. The lowest BCUT2D eigenvalue weighted by atomic mass is 10.1. The number of halogens is 1. The number of hydrogen-bond acceptors (Lipinski definition) is 3. The van der Waals surface area contributed by atoms with Crippen LogP contribution in [0.1, 0.15) is 22.8 Å². The molecule has 0 saturated heterocycles. The van der Waals surface area contributed by atoms with E-state index in [1.165, 1.54) is 16.4 Å². The summed E-state index contributed by atoms with van der Waals surface area (Å²) in [6.07, 6.45) is 1.74. The van der Waals surface area contributed by atoms with Gasteiger partial charge in [0.25, 0.3) is 5.91 Å². The molecule has 7 heteroatoms. The van der Waals surface area contributed by atoms with Crippen molar-refractivity contribution in [3.05, 3.63) is 65.5 Å². The summed E-state index contributed by atoms with van der Waals surface area (Å²) in [5, 5.41) is 2.79. The Kier molecular flexibility index (Phi) is 6.14. The number of rotatable bonds is 7. The Balaban J connectivity index is 1.95. The Morgan fingerprint density at radius 2 is 1.68 bits per heavy atom. The van der Waals surface area contributed by atoms with Crippen molar-refractivity contribution in [3.63, 3.8) is 0 Å². The molecule has 0 atom stereocenters. The molecule has 0 aromatic heterocycles. The number of anilines is 1. The topological polar surface area (TPSA) is 66.5 Å². The largest absolute Gasteiger partial charge is 0.352 e. The molecule has 1 amide bonds. The molecule has 2 rings (SSSR count). The van der Waals surface area contributed by atoms with Crippen LogP contribution in [0.15, 0.2) is 48.5 Å². The van der Waals surface area contributed by atoms with Crippen molar-refractivity contribution in [2.75, 3.05) is 23.7 Å². The van der Waals surface area contributed by atoms with Gasteiger partial charge in [-0.2, -0.15) is 0 Å². The standard InChI is InChI=1S/C18H21FN2O3S/c1-3-21(25(2,23)24)17-10-6-15(7-11-17)18(22)20-13-12-14-4-8-16(19)9-5-14/h4-11H,3,12-13H2,1-2H3,(H,20,22). The summed E-state index contributed by atoms with van der Waals surface area (Å²) in [4.78, 5) is 12.1. The fraction of sp³-hybridized carbons (Fsp3) is 0.278. The molecule has 0 bridgehead atoms. The maximum absolute atomic E-state index is 12.8. The molecule has 0 unspecified atom stereocenters. The molecule has 0 spiro atoms. The highest BCUT2D eigenvalue weighted by Gasteiger charge is 2.15. The van der Waals surface area contributed by atoms with Crippen molar-refractivity contribution < 1.29 is 17.6 Å². The molecule has 0 radical (unpaired) electrons. The molecule has 0 fully saturated rings. The van der Waals surface area contributed by atoms with Gasteiger partial charge in [0.15, 0.2) is 0 Å². The smallest absolute Gasteiger partial charge is 0.251 e. The third-order valence-corrected chi connectivity index (χ3v) is 4.99. The number of carbonyl (C=O) groups is 1. The van der Waals surface area contributed by atoms with E-state index in [9.17, 15) is 17.6 Å². The number of nitrogens with zero attached hydrogens (tertiary/aromatic N) is 1. The third kappa shape index (κ3) is 5.29. The van der Waals surface area contributed by atoms with Gasteiger partial charge in [-0.05, 0) is 55.3 Å². The molecule has 0 saturated carbocycles. The Morgan fingerprint density at radius 1 is 1.08 bits per heavy atom. The molecule has 2 aromatic carbocycles. The SMILES string of the molecule is CCN(c1ccc(C(=O)NCCc2ccc(F)cc2)cc1)S(C)(=O)=O. The van der Waals surface area contributed by atoms with Gasteiger partial charge in [0.05, 0.1) is 11.9 Å². The summed E-state index contributed by atoms with van der Waals surface area (Å²) < 4.78 is 37.5. The number of carbonyl (C=O) groups excluding carboxylic acids is 1. The average Bonchev–Trinajstić information content (AvgIpc) is 2.56. The van der Waals surface area contributed by atoms with Crippen LogP contribution < -0.4 is 9.62 Å². The van der Waals surface area contributed by atoms with Gasteiger partial charge in [-0.25, -0.2) is 12.8 Å². The zero-order chi connectivity index (χ0) is 18.4. The van der Waals surface area contributed by atoms with Crippen LogP contribution in [0.3, 0.4) is 0 Å². The molecule has 1 N–H and O–H groups in total. The van der Waals surface area contributed by atoms with E-state index in [0.717, 1.165) is 11.8 Å². The maximum atomic E-state index is 12.8. The molecule has 25 heavy (non-hydrogen) atoms. The lowest BCUT2D eigenvalue weighted by Crippen LogP contribution is -2.29. The van der Waals surface area contributed by atoms with Crippen molar-refractivity contribution in [2.24, 2.45) is 0 Å². The van der Waals surface area contributed by atoms with Crippen molar-refractivity contribution in [2.45, 2.75) is 13.3 Å². The van der Waals surface area contributed by atoms with E-state index in [1.807, 2.05) is 0 Å². The van der Waals surface area contributed by atoms with Gasteiger partial charge in [0.1, 0.15) is 5.82 Å². The summed E-state index contributed by atoms with van der Waals surface area (Å²) in [7, 11) is -3.34. The van der Waals surface area contributed by atoms with E-state index in [4.69, 9.17) is 0 Å². The maximum Gasteiger partial charge on any atom is 0.251 e. The summed E-state index contributed by atoms with van der Waals surface area (Å²) in [5.74, 6) is -0.529. The molecule has 2 aromatic rings. The van der Waals surface area contributed by atoms with Crippen LogP contribution in [0, 0.1) is 5.82 Å².